The first-order chi connectivity index (χ1) is 45.0. The largest absolute Gasteiger partial charge is 0.756 e. The van der Waals surface area contributed by atoms with E-state index in [1.165, 1.54) is 270 Å². The average molecular weight is 1310 g/mol. The van der Waals surface area contributed by atoms with Gasteiger partial charge in [0.05, 0.1) is 39.9 Å². The van der Waals surface area contributed by atoms with Crippen LogP contribution in [0.2, 0.25) is 0 Å². The van der Waals surface area contributed by atoms with Gasteiger partial charge in [0.25, 0.3) is 7.82 Å². The summed E-state index contributed by atoms with van der Waals surface area (Å²) in [6, 6.07) is -0.891. The number of aliphatic hydroxyl groups is 1. The van der Waals surface area contributed by atoms with Crippen molar-refractivity contribution in [3.05, 3.63) is 97.2 Å². The molecular formula is C83H153N2O6P. The molecule has 9 heteroatoms. The van der Waals surface area contributed by atoms with E-state index in [0.29, 0.717) is 17.4 Å². The third-order valence-corrected chi connectivity index (χ3v) is 18.8. The van der Waals surface area contributed by atoms with E-state index in [1.807, 2.05) is 27.2 Å². The quantitative estimate of drug-likeness (QED) is 0.0272. The first kappa shape index (κ1) is 89.4. The van der Waals surface area contributed by atoms with Crippen molar-refractivity contribution in [1.82, 2.24) is 5.32 Å². The molecule has 0 saturated carbocycles. The molecule has 0 rings (SSSR count). The summed E-state index contributed by atoms with van der Waals surface area (Å²) in [6.45, 7) is 4.58. The van der Waals surface area contributed by atoms with Gasteiger partial charge in [0.1, 0.15) is 13.2 Å². The molecule has 0 heterocycles. The first-order valence-electron chi connectivity index (χ1n) is 39.6. The van der Waals surface area contributed by atoms with E-state index < -0.39 is 20.0 Å². The molecular weight excluding hydrogens is 1150 g/mol. The normalized spacial score (nSPS) is 14.0. The molecule has 0 aromatic carbocycles. The maximum atomic E-state index is 13.1. The van der Waals surface area contributed by atoms with E-state index in [1.54, 1.807) is 6.08 Å². The number of hydrogen-bond acceptors (Lipinski definition) is 6. The zero-order chi connectivity index (χ0) is 66.9. The molecule has 0 bridgehead atoms. The highest BCUT2D eigenvalue weighted by Gasteiger charge is 2.23. The average Bonchev–Trinajstić information content (AvgIpc) is 2.63. The van der Waals surface area contributed by atoms with Gasteiger partial charge in [-0.15, -0.1) is 0 Å². The Bertz CT molecular complexity index is 1830. The van der Waals surface area contributed by atoms with Crippen molar-refractivity contribution in [2.45, 2.75) is 386 Å². The van der Waals surface area contributed by atoms with E-state index in [2.05, 4.69) is 104 Å². The molecule has 3 unspecified atom stereocenters. The zero-order valence-corrected chi connectivity index (χ0v) is 62.4. The zero-order valence-electron chi connectivity index (χ0n) is 61.5. The number of nitrogens with zero attached hydrogens (tertiary/aromatic N) is 1. The monoisotopic (exact) mass is 1310 g/mol. The summed E-state index contributed by atoms with van der Waals surface area (Å²) in [5.41, 5.74) is 0. The predicted octanol–water partition coefficient (Wildman–Crippen LogP) is 25.4. The highest BCUT2D eigenvalue weighted by Crippen LogP contribution is 2.38. The van der Waals surface area contributed by atoms with Crippen molar-refractivity contribution >= 4 is 13.7 Å². The van der Waals surface area contributed by atoms with Crippen molar-refractivity contribution in [2.75, 3.05) is 40.9 Å². The van der Waals surface area contributed by atoms with Crippen LogP contribution in [0.1, 0.15) is 373 Å². The molecule has 536 valence electrons. The number of carbonyl (C=O) groups is 1. The smallest absolute Gasteiger partial charge is 0.268 e. The second kappa shape index (κ2) is 72.7. The topological polar surface area (TPSA) is 108 Å². The van der Waals surface area contributed by atoms with Crippen LogP contribution in [0.4, 0.5) is 0 Å². The summed E-state index contributed by atoms with van der Waals surface area (Å²) in [5.74, 6) is -0.193. The second-order valence-electron chi connectivity index (χ2n) is 28.0. The number of hydrogen-bond donors (Lipinski definition) is 2. The summed E-state index contributed by atoms with van der Waals surface area (Å²) in [4.78, 5) is 25.7. The SMILES string of the molecule is CC/C=C\C/C=C\C/C=C\C/C=C\C/C=C\C/C=C\C/C=C\CCCCCCCCCCCCCCCCCCCCCC(=O)NC(COP(=O)([O-])OCC[N+](C)(C)C)C(O)/C=C/CCCCCCCCCCCCCCCCCCCCCCCCCCCCC. The van der Waals surface area contributed by atoms with Gasteiger partial charge < -0.3 is 28.8 Å². The van der Waals surface area contributed by atoms with Crippen molar-refractivity contribution in [3.63, 3.8) is 0 Å². The Morgan fingerprint density at radius 2 is 0.663 bits per heavy atom. The molecule has 0 aromatic heterocycles. The van der Waals surface area contributed by atoms with Gasteiger partial charge in [-0.1, -0.05) is 387 Å². The fourth-order valence-electron chi connectivity index (χ4n) is 11.7. The minimum absolute atomic E-state index is 0.00163. The van der Waals surface area contributed by atoms with Crippen LogP contribution in [-0.4, -0.2) is 68.5 Å². The van der Waals surface area contributed by atoms with Crippen LogP contribution < -0.4 is 10.2 Å². The van der Waals surface area contributed by atoms with Gasteiger partial charge in [-0.25, -0.2) is 0 Å². The number of carbonyl (C=O) groups excluding carboxylic acids is 1. The number of phosphoric acid groups is 1. The van der Waals surface area contributed by atoms with Gasteiger partial charge in [-0.3, -0.25) is 9.36 Å². The third kappa shape index (κ3) is 74.8. The van der Waals surface area contributed by atoms with Crippen LogP contribution in [0.3, 0.4) is 0 Å². The number of aliphatic hydroxyl groups excluding tert-OH is 1. The number of amides is 1. The molecule has 0 spiro atoms. The predicted molar refractivity (Wildman–Crippen MR) is 403 cm³/mol. The molecule has 3 atom stereocenters. The summed E-state index contributed by atoms with van der Waals surface area (Å²) in [6.07, 6.45) is 106. The molecule has 0 aliphatic heterocycles. The van der Waals surface area contributed by atoms with E-state index in [-0.39, 0.29) is 19.1 Å². The Morgan fingerprint density at radius 3 is 0.967 bits per heavy atom. The van der Waals surface area contributed by atoms with Crippen LogP contribution in [-0.2, 0) is 18.4 Å². The Balaban J connectivity index is 3.98. The molecule has 0 aliphatic carbocycles. The lowest BCUT2D eigenvalue weighted by molar-refractivity contribution is -0.870. The van der Waals surface area contributed by atoms with Crippen molar-refractivity contribution < 1.29 is 32.9 Å². The number of nitrogens with one attached hydrogen (secondary N) is 1. The Kier molecular flexibility index (Phi) is 70.6. The lowest BCUT2D eigenvalue weighted by Gasteiger charge is -2.29. The molecule has 0 saturated heterocycles. The number of likely N-dealkylation sites (N-methyl/N-ethyl adjacent to an activating group) is 1. The number of phosphoric ester groups is 1. The summed E-state index contributed by atoms with van der Waals surface area (Å²) in [7, 11) is 1.27. The van der Waals surface area contributed by atoms with Gasteiger partial charge in [-0.05, 0) is 77.0 Å². The van der Waals surface area contributed by atoms with Crippen LogP contribution >= 0.6 is 7.82 Å². The van der Waals surface area contributed by atoms with Crippen LogP contribution in [0.5, 0.6) is 0 Å². The third-order valence-electron chi connectivity index (χ3n) is 17.8. The van der Waals surface area contributed by atoms with E-state index >= 15 is 0 Å². The Hall–Kier alpha value is -2.58. The molecule has 92 heavy (non-hydrogen) atoms. The molecule has 2 N–H and O–H groups in total. The number of quaternary nitrogens is 1. The summed E-state index contributed by atoms with van der Waals surface area (Å²) < 4.78 is 23.5. The number of rotatable bonds is 73. The second-order valence-corrected chi connectivity index (χ2v) is 29.5. The summed E-state index contributed by atoms with van der Waals surface area (Å²) >= 11 is 0. The van der Waals surface area contributed by atoms with E-state index in [4.69, 9.17) is 9.05 Å². The molecule has 0 aromatic rings. The summed E-state index contributed by atoms with van der Waals surface area (Å²) in [5, 5.41) is 14.0. The molecule has 1 amide bonds. The molecule has 0 radical (unpaired) electrons. The van der Waals surface area contributed by atoms with E-state index in [9.17, 15) is 19.4 Å². The van der Waals surface area contributed by atoms with Gasteiger partial charge in [0.15, 0.2) is 0 Å². The van der Waals surface area contributed by atoms with Crippen LogP contribution in [0, 0.1) is 0 Å². The molecule has 8 nitrogen and oxygen atoms in total. The van der Waals surface area contributed by atoms with Crippen LogP contribution in [0.25, 0.3) is 0 Å². The van der Waals surface area contributed by atoms with Gasteiger partial charge >= 0.3 is 0 Å². The first-order valence-corrected chi connectivity index (χ1v) is 41.1. The molecule has 0 aliphatic rings. The fraction of sp³-hybridized carbons (Fsp3) is 0.795. The van der Waals surface area contributed by atoms with Gasteiger partial charge in [0, 0.05) is 6.42 Å². The van der Waals surface area contributed by atoms with Crippen molar-refractivity contribution in [3.8, 4) is 0 Å². The Morgan fingerprint density at radius 1 is 0.391 bits per heavy atom. The lowest BCUT2D eigenvalue weighted by atomic mass is 10.0. The maximum absolute atomic E-state index is 13.1. The standard InChI is InChI=1S/C83H153N2O6P/c1-6-8-10-12-14-16-18-20-22-24-26-28-30-32-34-36-37-38-39-40-41-42-43-44-45-46-47-49-51-53-55-57-59-61-63-65-67-69-71-73-75-77-83(87)84-81(80-91-92(88,89)90-79-78-85(3,4)5)82(86)76-74-72-70-68-66-64-62-60-58-56-54-52-50-48-35-33-31-29-27-25-23-21-19-17-15-13-11-9-7-2/h8,10,14,16,20,22,26,28,32,34,37-38,40-41,74,76,81-82,86H,6-7,9,11-13,15,17-19,21,23-25,27,29-31,33,35-36,39,42-73,75,77-80H2,1-5H3,(H-,84,87,88,89)/b10-8-,16-14-,22-20-,28-26-,34-32-,38-37-,41-40-,76-74+. The fourth-order valence-corrected chi connectivity index (χ4v) is 12.5. The minimum Gasteiger partial charge on any atom is -0.756 e. The van der Waals surface area contributed by atoms with Gasteiger partial charge in [-0.2, -0.15) is 0 Å². The molecule has 0 fully saturated rings. The number of unbranched alkanes of at least 4 members (excludes halogenated alkanes) is 46. The van der Waals surface area contributed by atoms with Crippen molar-refractivity contribution in [1.29, 1.82) is 0 Å². The lowest BCUT2D eigenvalue weighted by Crippen LogP contribution is -2.45. The highest BCUT2D eigenvalue weighted by atomic mass is 31.2. The number of allylic oxidation sites excluding steroid dienone is 15. The van der Waals surface area contributed by atoms with Crippen LogP contribution in [0.15, 0.2) is 97.2 Å². The van der Waals surface area contributed by atoms with E-state index in [0.717, 1.165) is 83.5 Å². The van der Waals surface area contributed by atoms with Gasteiger partial charge in [0.2, 0.25) is 5.91 Å². The highest BCUT2D eigenvalue weighted by molar-refractivity contribution is 7.45. The Labute approximate surface area is 572 Å². The minimum atomic E-state index is -4.61. The van der Waals surface area contributed by atoms with Crippen molar-refractivity contribution in [2.24, 2.45) is 0 Å². The maximum Gasteiger partial charge on any atom is 0.268 e.